The van der Waals surface area contributed by atoms with Crippen molar-refractivity contribution in [2.45, 2.75) is 20.8 Å². The van der Waals surface area contributed by atoms with Gasteiger partial charge in [-0.05, 0) is 18.4 Å². The van der Waals surface area contributed by atoms with Crippen molar-refractivity contribution in [1.29, 1.82) is 0 Å². The van der Waals surface area contributed by atoms with Crippen LogP contribution >= 0.6 is 11.6 Å². The van der Waals surface area contributed by atoms with Crippen molar-refractivity contribution in [3.63, 3.8) is 0 Å². The summed E-state index contributed by atoms with van der Waals surface area (Å²) in [7, 11) is 0. The number of furan rings is 1. The molecule has 1 N–H and O–H groups in total. The van der Waals surface area contributed by atoms with Gasteiger partial charge in [-0.1, -0.05) is 13.8 Å². The smallest absolute Gasteiger partial charge is 0.254 e. The molecule has 1 heterocycles. The zero-order chi connectivity index (χ0) is 11.5. The maximum absolute atomic E-state index is 11.6. The molecule has 3 nitrogen and oxygen atoms in total. The third-order valence-electron chi connectivity index (χ3n) is 2.08. The molecule has 0 fully saturated rings. The van der Waals surface area contributed by atoms with Gasteiger partial charge in [0.25, 0.3) is 5.91 Å². The van der Waals surface area contributed by atoms with Gasteiger partial charge >= 0.3 is 0 Å². The molecule has 0 saturated heterocycles. The predicted octanol–water partition coefficient (Wildman–Crippen LogP) is 2.58. The van der Waals surface area contributed by atoms with Crippen LogP contribution in [0.1, 0.15) is 30.0 Å². The van der Waals surface area contributed by atoms with E-state index in [2.05, 4.69) is 5.32 Å². The van der Waals surface area contributed by atoms with E-state index in [0.717, 1.165) is 5.76 Å². The van der Waals surface area contributed by atoms with Crippen molar-refractivity contribution in [2.24, 2.45) is 5.41 Å². The maximum Gasteiger partial charge on any atom is 0.254 e. The third-order valence-corrected chi connectivity index (χ3v) is 2.81. The molecule has 0 aliphatic heterocycles. The molecule has 0 atom stereocenters. The minimum Gasteiger partial charge on any atom is -0.469 e. The monoisotopic (exact) mass is 229 g/mol. The van der Waals surface area contributed by atoms with Crippen LogP contribution in [-0.4, -0.2) is 18.3 Å². The van der Waals surface area contributed by atoms with Crippen LogP contribution in [0.15, 0.2) is 16.7 Å². The number of alkyl halides is 1. The van der Waals surface area contributed by atoms with Gasteiger partial charge in [0.05, 0.1) is 5.56 Å². The molecule has 1 rings (SSSR count). The summed E-state index contributed by atoms with van der Waals surface area (Å²) in [6, 6.07) is 1.71. The highest BCUT2D eigenvalue weighted by molar-refractivity contribution is 6.18. The SMILES string of the molecule is Cc1cc(C(=O)NCC(C)(C)CCl)co1. The van der Waals surface area contributed by atoms with Gasteiger partial charge < -0.3 is 9.73 Å². The number of nitrogens with one attached hydrogen (secondary N) is 1. The molecule has 0 bridgehead atoms. The van der Waals surface area contributed by atoms with Crippen LogP contribution in [0.5, 0.6) is 0 Å². The predicted molar refractivity (Wildman–Crippen MR) is 60.3 cm³/mol. The van der Waals surface area contributed by atoms with Crippen molar-refractivity contribution in [3.05, 3.63) is 23.7 Å². The summed E-state index contributed by atoms with van der Waals surface area (Å²) in [4.78, 5) is 11.6. The minimum atomic E-state index is -0.120. The molecule has 1 amide bonds. The van der Waals surface area contributed by atoms with Crippen molar-refractivity contribution >= 4 is 17.5 Å². The Morgan fingerprint density at radius 3 is 2.73 bits per heavy atom. The average Bonchev–Trinajstić information content (AvgIpc) is 2.61. The summed E-state index contributed by atoms with van der Waals surface area (Å²) in [6.45, 7) is 6.36. The molecule has 0 aliphatic rings. The number of halogens is 1. The van der Waals surface area contributed by atoms with Crippen LogP contribution in [0.25, 0.3) is 0 Å². The van der Waals surface area contributed by atoms with Gasteiger partial charge in [-0.2, -0.15) is 0 Å². The van der Waals surface area contributed by atoms with Crippen LogP contribution in [0.2, 0.25) is 0 Å². The van der Waals surface area contributed by atoms with Gasteiger partial charge in [-0.15, -0.1) is 11.6 Å². The molecule has 0 aromatic carbocycles. The third kappa shape index (κ3) is 3.59. The van der Waals surface area contributed by atoms with Crippen LogP contribution in [0.4, 0.5) is 0 Å². The first-order valence-corrected chi connectivity index (χ1v) is 5.37. The first kappa shape index (κ1) is 12.1. The Hall–Kier alpha value is -0.960. The molecule has 0 aliphatic carbocycles. The van der Waals surface area contributed by atoms with E-state index in [1.54, 1.807) is 13.0 Å². The number of hydrogen-bond donors (Lipinski definition) is 1. The second kappa shape index (κ2) is 4.71. The van der Waals surface area contributed by atoms with E-state index in [-0.39, 0.29) is 11.3 Å². The number of aryl methyl sites for hydroxylation is 1. The lowest BCUT2D eigenvalue weighted by atomic mass is 9.96. The largest absolute Gasteiger partial charge is 0.469 e. The number of carbonyl (C=O) groups is 1. The molecule has 0 unspecified atom stereocenters. The Morgan fingerprint density at radius 2 is 2.27 bits per heavy atom. The van der Waals surface area contributed by atoms with Crippen LogP contribution in [0, 0.1) is 12.3 Å². The highest BCUT2D eigenvalue weighted by Crippen LogP contribution is 2.15. The summed E-state index contributed by atoms with van der Waals surface area (Å²) in [5.41, 5.74) is 0.466. The van der Waals surface area contributed by atoms with E-state index < -0.39 is 0 Å². The minimum absolute atomic E-state index is 0.0873. The molecule has 0 radical (unpaired) electrons. The number of rotatable bonds is 4. The summed E-state index contributed by atoms with van der Waals surface area (Å²) in [5.74, 6) is 1.12. The topological polar surface area (TPSA) is 42.2 Å². The molecule has 15 heavy (non-hydrogen) atoms. The van der Waals surface area contributed by atoms with Gasteiger partial charge in [0.15, 0.2) is 0 Å². The molecule has 4 heteroatoms. The van der Waals surface area contributed by atoms with Crippen LogP contribution in [0.3, 0.4) is 0 Å². The van der Waals surface area contributed by atoms with E-state index in [0.29, 0.717) is 18.0 Å². The summed E-state index contributed by atoms with van der Waals surface area (Å²) < 4.78 is 5.06. The van der Waals surface area contributed by atoms with Gasteiger partial charge in [0.2, 0.25) is 0 Å². The van der Waals surface area contributed by atoms with Crippen molar-refractivity contribution in [2.75, 3.05) is 12.4 Å². The highest BCUT2D eigenvalue weighted by atomic mass is 35.5. The van der Waals surface area contributed by atoms with Gasteiger partial charge in [0, 0.05) is 12.4 Å². The van der Waals surface area contributed by atoms with Crippen LogP contribution in [-0.2, 0) is 0 Å². The second-order valence-corrected chi connectivity index (χ2v) is 4.69. The fourth-order valence-electron chi connectivity index (χ4n) is 1.03. The lowest BCUT2D eigenvalue weighted by Crippen LogP contribution is -2.34. The van der Waals surface area contributed by atoms with E-state index >= 15 is 0 Å². The van der Waals surface area contributed by atoms with Crippen molar-refractivity contribution in [1.82, 2.24) is 5.32 Å². The molecule has 1 aromatic rings. The summed E-state index contributed by atoms with van der Waals surface area (Å²) >= 11 is 5.76. The summed E-state index contributed by atoms with van der Waals surface area (Å²) in [6.07, 6.45) is 1.46. The van der Waals surface area contributed by atoms with E-state index in [4.69, 9.17) is 16.0 Å². The zero-order valence-corrected chi connectivity index (χ0v) is 10.0. The lowest BCUT2D eigenvalue weighted by Gasteiger charge is -2.21. The normalized spacial score (nSPS) is 11.5. The number of hydrogen-bond acceptors (Lipinski definition) is 2. The average molecular weight is 230 g/mol. The van der Waals surface area contributed by atoms with Crippen molar-refractivity contribution in [3.8, 4) is 0 Å². The van der Waals surface area contributed by atoms with E-state index in [1.165, 1.54) is 6.26 Å². The lowest BCUT2D eigenvalue weighted by molar-refractivity contribution is 0.0939. The highest BCUT2D eigenvalue weighted by Gasteiger charge is 2.18. The Morgan fingerprint density at radius 1 is 1.60 bits per heavy atom. The molecule has 1 aromatic heterocycles. The van der Waals surface area contributed by atoms with E-state index in [9.17, 15) is 4.79 Å². The van der Waals surface area contributed by atoms with Gasteiger partial charge in [-0.3, -0.25) is 4.79 Å². The zero-order valence-electron chi connectivity index (χ0n) is 9.26. The Balaban J connectivity index is 2.50. The molecule has 0 saturated carbocycles. The van der Waals surface area contributed by atoms with Gasteiger partial charge in [0.1, 0.15) is 12.0 Å². The quantitative estimate of drug-likeness (QED) is 0.807. The Labute approximate surface area is 94.8 Å². The second-order valence-electron chi connectivity index (χ2n) is 4.43. The van der Waals surface area contributed by atoms with E-state index in [1.807, 2.05) is 13.8 Å². The molecule has 0 spiro atoms. The number of carbonyl (C=O) groups excluding carboxylic acids is 1. The molecular formula is C11H16ClNO2. The standard InChI is InChI=1S/C11H16ClNO2/c1-8-4-9(5-15-8)10(14)13-7-11(2,3)6-12/h4-5H,6-7H2,1-3H3,(H,13,14). The first-order chi connectivity index (χ1) is 6.94. The molecule has 84 valence electrons. The Bertz CT molecular complexity index is 344. The molecular weight excluding hydrogens is 214 g/mol. The fraction of sp³-hybridized carbons (Fsp3) is 0.545. The van der Waals surface area contributed by atoms with Crippen LogP contribution < -0.4 is 5.32 Å². The fourth-order valence-corrected chi connectivity index (χ4v) is 1.13. The maximum atomic E-state index is 11.6. The first-order valence-electron chi connectivity index (χ1n) is 4.84. The van der Waals surface area contributed by atoms with Crippen molar-refractivity contribution < 1.29 is 9.21 Å². The summed E-state index contributed by atoms with van der Waals surface area (Å²) in [5, 5.41) is 2.82. The van der Waals surface area contributed by atoms with Gasteiger partial charge in [-0.25, -0.2) is 0 Å². The number of amides is 1. The Kier molecular flexibility index (Phi) is 3.80.